The smallest absolute Gasteiger partial charge is 0.341 e. The van der Waals surface area contributed by atoms with Crippen molar-refractivity contribution < 1.29 is 18.7 Å². The monoisotopic (exact) mass is 359 g/mol. The van der Waals surface area contributed by atoms with Crippen molar-refractivity contribution in [2.24, 2.45) is 5.92 Å². The summed E-state index contributed by atoms with van der Waals surface area (Å²) in [6.07, 6.45) is 8.53. The van der Waals surface area contributed by atoms with E-state index in [0.717, 1.165) is 31.2 Å². The summed E-state index contributed by atoms with van der Waals surface area (Å²) in [4.78, 5) is 25.6. The molecule has 0 saturated carbocycles. The van der Waals surface area contributed by atoms with Crippen LogP contribution in [0.5, 0.6) is 0 Å². The normalized spacial score (nSPS) is 16.6. The number of rotatable bonds is 5. The molecule has 2 heterocycles. The first kappa shape index (κ1) is 17.5. The molecule has 0 fully saturated rings. The van der Waals surface area contributed by atoms with Crippen LogP contribution in [0.4, 0.5) is 5.00 Å². The Morgan fingerprint density at radius 1 is 1.48 bits per heavy atom. The van der Waals surface area contributed by atoms with E-state index in [1.54, 1.807) is 24.5 Å². The zero-order valence-electron chi connectivity index (χ0n) is 14.3. The van der Waals surface area contributed by atoms with Crippen LogP contribution in [-0.4, -0.2) is 19.0 Å². The minimum Gasteiger partial charge on any atom is -0.465 e. The number of carbonyl (C=O) groups is 2. The Morgan fingerprint density at radius 2 is 2.32 bits per heavy atom. The van der Waals surface area contributed by atoms with Crippen LogP contribution < -0.4 is 5.32 Å². The number of fused-ring (bicyclic) bond motifs is 1. The summed E-state index contributed by atoms with van der Waals surface area (Å²) in [7, 11) is 1.37. The number of esters is 1. The molecule has 3 rings (SSSR count). The second-order valence-corrected chi connectivity index (χ2v) is 7.16. The number of thiophene rings is 1. The maximum Gasteiger partial charge on any atom is 0.341 e. The Hall–Kier alpha value is -2.34. The van der Waals surface area contributed by atoms with Crippen molar-refractivity contribution >= 4 is 34.3 Å². The number of ether oxygens (including phenoxy) is 1. The van der Waals surface area contributed by atoms with Gasteiger partial charge in [-0.1, -0.05) is 13.3 Å². The van der Waals surface area contributed by atoms with Crippen molar-refractivity contribution in [3.8, 4) is 0 Å². The van der Waals surface area contributed by atoms with Crippen LogP contribution in [0.1, 0.15) is 46.3 Å². The average Bonchev–Trinajstić information content (AvgIpc) is 3.25. The molecule has 25 heavy (non-hydrogen) atoms. The van der Waals surface area contributed by atoms with Gasteiger partial charge in [-0.05, 0) is 49.0 Å². The third-order valence-electron chi connectivity index (χ3n) is 4.51. The lowest BCUT2D eigenvalue weighted by Crippen LogP contribution is -2.15. The van der Waals surface area contributed by atoms with Crippen LogP contribution in [0.2, 0.25) is 0 Å². The molecule has 1 aliphatic rings. The van der Waals surface area contributed by atoms with E-state index in [9.17, 15) is 9.59 Å². The number of hydrogen-bond acceptors (Lipinski definition) is 5. The van der Waals surface area contributed by atoms with Gasteiger partial charge in [0.15, 0.2) is 0 Å². The van der Waals surface area contributed by atoms with Crippen LogP contribution in [-0.2, 0) is 22.4 Å². The highest BCUT2D eigenvalue weighted by molar-refractivity contribution is 7.17. The van der Waals surface area contributed by atoms with Crippen LogP contribution >= 0.6 is 11.3 Å². The molecule has 2 aromatic rings. The molecule has 5 nitrogen and oxygen atoms in total. The molecule has 0 spiro atoms. The Labute approximate surface area is 150 Å². The van der Waals surface area contributed by atoms with Gasteiger partial charge in [0.25, 0.3) is 0 Å². The molecule has 0 bridgehead atoms. The van der Waals surface area contributed by atoms with Gasteiger partial charge in [0, 0.05) is 11.0 Å². The van der Waals surface area contributed by atoms with Gasteiger partial charge in [0.05, 0.1) is 18.9 Å². The lowest BCUT2D eigenvalue weighted by molar-refractivity contribution is -0.111. The Bertz CT molecular complexity index is 789. The highest BCUT2D eigenvalue weighted by atomic mass is 32.1. The van der Waals surface area contributed by atoms with Crippen molar-refractivity contribution in [2.75, 3.05) is 12.4 Å². The van der Waals surface area contributed by atoms with E-state index in [0.29, 0.717) is 22.2 Å². The van der Waals surface area contributed by atoms with Crippen LogP contribution in [0.3, 0.4) is 0 Å². The number of nitrogens with one attached hydrogen (secondary N) is 1. The first-order chi connectivity index (χ1) is 12.1. The summed E-state index contributed by atoms with van der Waals surface area (Å²) in [5.41, 5.74) is 1.55. The van der Waals surface area contributed by atoms with Gasteiger partial charge in [-0.3, -0.25) is 4.79 Å². The number of hydrogen-bond donors (Lipinski definition) is 1. The summed E-state index contributed by atoms with van der Waals surface area (Å²) in [6.45, 7) is 2.19. The molecule has 1 N–H and O–H groups in total. The molecule has 132 valence electrons. The van der Waals surface area contributed by atoms with E-state index in [2.05, 4.69) is 12.2 Å². The first-order valence-corrected chi connectivity index (χ1v) is 9.19. The number of furan rings is 1. The lowest BCUT2D eigenvalue weighted by atomic mass is 9.86. The van der Waals surface area contributed by atoms with Crippen LogP contribution in [0, 0.1) is 5.92 Å². The molecule has 1 amide bonds. The van der Waals surface area contributed by atoms with Gasteiger partial charge in [-0.2, -0.15) is 0 Å². The molecular weight excluding hydrogens is 338 g/mol. The predicted octanol–water partition coefficient (Wildman–Crippen LogP) is 4.29. The maximum atomic E-state index is 12.2. The second kappa shape index (κ2) is 7.70. The van der Waals surface area contributed by atoms with Gasteiger partial charge in [0.1, 0.15) is 10.8 Å². The first-order valence-electron chi connectivity index (χ1n) is 8.37. The Morgan fingerprint density at radius 3 is 3.00 bits per heavy atom. The summed E-state index contributed by atoms with van der Waals surface area (Å²) >= 11 is 1.49. The van der Waals surface area contributed by atoms with Gasteiger partial charge in [0.2, 0.25) is 5.91 Å². The number of anilines is 1. The quantitative estimate of drug-likeness (QED) is 0.638. The van der Waals surface area contributed by atoms with Crippen LogP contribution in [0.25, 0.3) is 6.08 Å². The third kappa shape index (κ3) is 3.85. The predicted molar refractivity (Wildman–Crippen MR) is 97.8 cm³/mol. The van der Waals surface area contributed by atoms with Crippen molar-refractivity contribution in [2.45, 2.75) is 32.6 Å². The molecule has 2 aromatic heterocycles. The molecule has 0 aromatic carbocycles. The molecule has 0 radical (unpaired) electrons. The molecular formula is C19H21NO4S. The largest absolute Gasteiger partial charge is 0.465 e. The van der Waals surface area contributed by atoms with Gasteiger partial charge in [-0.25, -0.2) is 4.79 Å². The van der Waals surface area contributed by atoms with Crippen molar-refractivity contribution in [1.82, 2.24) is 0 Å². The average molecular weight is 359 g/mol. The van der Waals surface area contributed by atoms with Crippen LogP contribution in [0.15, 0.2) is 28.9 Å². The van der Waals surface area contributed by atoms with E-state index in [4.69, 9.17) is 9.15 Å². The standard InChI is InChI=1S/C19H21NO4S/c1-3-12-6-8-14-15(11-12)25-18(17(14)19(22)23-2)20-16(21)9-7-13-5-4-10-24-13/h4-5,7,9-10,12H,3,6,8,11H2,1-2H3,(H,20,21)/b9-7+. The van der Waals surface area contributed by atoms with E-state index >= 15 is 0 Å². The summed E-state index contributed by atoms with van der Waals surface area (Å²) in [6, 6.07) is 3.52. The van der Waals surface area contributed by atoms with E-state index < -0.39 is 5.97 Å². The van der Waals surface area contributed by atoms with E-state index in [1.807, 2.05) is 0 Å². The zero-order chi connectivity index (χ0) is 17.8. The molecule has 0 saturated heterocycles. The fourth-order valence-corrected chi connectivity index (χ4v) is 4.46. The SMILES string of the molecule is CCC1CCc2c(sc(NC(=O)/C=C/c3ccco3)c2C(=O)OC)C1. The number of amides is 1. The Kier molecular flexibility index (Phi) is 5.38. The second-order valence-electron chi connectivity index (χ2n) is 6.05. The summed E-state index contributed by atoms with van der Waals surface area (Å²) in [5.74, 6) is 0.545. The number of methoxy groups -OCH3 is 1. The lowest BCUT2D eigenvalue weighted by Gasteiger charge is -2.20. The highest BCUT2D eigenvalue weighted by Crippen LogP contribution is 2.40. The van der Waals surface area contributed by atoms with Gasteiger partial charge in [-0.15, -0.1) is 11.3 Å². The van der Waals surface area contributed by atoms with Crippen molar-refractivity contribution in [3.05, 3.63) is 46.2 Å². The Balaban J connectivity index is 1.83. The van der Waals surface area contributed by atoms with Gasteiger partial charge < -0.3 is 14.5 Å². The number of carbonyl (C=O) groups excluding carboxylic acids is 2. The summed E-state index contributed by atoms with van der Waals surface area (Å²) in [5, 5.41) is 3.40. The minimum atomic E-state index is -0.391. The summed E-state index contributed by atoms with van der Waals surface area (Å²) < 4.78 is 10.1. The van der Waals surface area contributed by atoms with Crippen molar-refractivity contribution in [1.29, 1.82) is 0 Å². The topological polar surface area (TPSA) is 68.5 Å². The van der Waals surface area contributed by atoms with Gasteiger partial charge >= 0.3 is 5.97 Å². The highest BCUT2D eigenvalue weighted by Gasteiger charge is 2.29. The van der Waals surface area contributed by atoms with E-state index in [-0.39, 0.29) is 5.91 Å². The minimum absolute atomic E-state index is 0.299. The molecule has 1 aliphatic carbocycles. The van der Waals surface area contributed by atoms with Crippen molar-refractivity contribution in [3.63, 3.8) is 0 Å². The molecule has 1 unspecified atom stereocenters. The fraction of sp³-hybridized carbons (Fsp3) is 0.368. The maximum absolute atomic E-state index is 12.2. The molecule has 1 atom stereocenters. The fourth-order valence-electron chi connectivity index (χ4n) is 3.11. The molecule has 0 aliphatic heterocycles. The van der Waals surface area contributed by atoms with E-state index in [1.165, 1.54) is 29.4 Å². The molecule has 6 heteroatoms. The zero-order valence-corrected chi connectivity index (χ0v) is 15.2. The third-order valence-corrected chi connectivity index (χ3v) is 5.68.